The first-order chi connectivity index (χ1) is 14.5. The topological polar surface area (TPSA) is 83.7 Å². The highest BCUT2D eigenvalue weighted by atomic mass is 16.5. The number of nitrogens with zero attached hydrogens (tertiary/aromatic N) is 1. The Morgan fingerprint density at radius 3 is 2.63 bits per heavy atom. The highest BCUT2D eigenvalue weighted by Gasteiger charge is 2.26. The van der Waals surface area contributed by atoms with Gasteiger partial charge in [0.05, 0.1) is 25.3 Å². The summed E-state index contributed by atoms with van der Waals surface area (Å²) in [4.78, 5) is 30.6. The van der Waals surface area contributed by atoms with Crippen molar-refractivity contribution < 1.29 is 19.1 Å². The van der Waals surface area contributed by atoms with Gasteiger partial charge >= 0.3 is 5.97 Å². The number of methoxy groups -OCH3 is 1. The standard InChI is InChI=1S/C23H31N3O4/c1-5-30-23(28)20-15(2)21(25-16(20)3)22(27)24-14-19(26-11-6-7-12-26)17-9-8-10-18(13-17)29-4/h8-10,13,19,25H,5-7,11-12,14H2,1-4H3,(H,24,27)/t19-/m0/s1. The highest BCUT2D eigenvalue weighted by Crippen LogP contribution is 2.27. The van der Waals surface area contributed by atoms with Crippen molar-refractivity contribution in [1.29, 1.82) is 0 Å². The number of amides is 1. The summed E-state index contributed by atoms with van der Waals surface area (Å²) in [7, 11) is 1.66. The van der Waals surface area contributed by atoms with Crippen molar-refractivity contribution in [3.63, 3.8) is 0 Å². The molecule has 0 unspecified atom stereocenters. The second kappa shape index (κ2) is 9.80. The molecule has 1 amide bonds. The van der Waals surface area contributed by atoms with Gasteiger partial charge in [0.2, 0.25) is 0 Å². The van der Waals surface area contributed by atoms with Gasteiger partial charge in [0.15, 0.2) is 0 Å². The molecular weight excluding hydrogens is 382 g/mol. The van der Waals surface area contributed by atoms with Gasteiger partial charge in [-0.1, -0.05) is 12.1 Å². The molecule has 0 spiro atoms. The van der Waals surface area contributed by atoms with E-state index in [0.717, 1.165) is 37.2 Å². The Morgan fingerprint density at radius 2 is 1.97 bits per heavy atom. The van der Waals surface area contributed by atoms with Crippen LogP contribution in [0.1, 0.15) is 63.5 Å². The Hall–Kier alpha value is -2.80. The molecule has 0 bridgehead atoms. The van der Waals surface area contributed by atoms with Crippen LogP contribution < -0.4 is 10.1 Å². The second-order valence-electron chi connectivity index (χ2n) is 7.59. The first-order valence-electron chi connectivity index (χ1n) is 10.5. The van der Waals surface area contributed by atoms with Crippen molar-refractivity contribution in [3.8, 4) is 5.75 Å². The third-order valence-corrected chi connectivity index (χ3v) is 5.66. The maximum Gasteiger partial charge on any atom is 0.340 e. The number of hydrogen-bond acceptors (Lipinski definition) is 5. The molecule has 0 radical (unpaired) electrons. The molecule has 3 rings (SSSR count). The average molecular weight is 414 g/mol. The molecule has 1 aromatic heterocycles. The zero-order valence-corrected chi connectivity index (χ0v) is 18.2. The van der Waals surface area contributed by atoms with E-state index in [1.54, 1.807) is 27.9 Å². The van der Waals surface area contributed by atoms with Gasteiger partial charge in [0, 0.05) is 12.2 Å². The average Bonchev–Trinajstić information content (AvgIpc) is 3.36. The molecule has 7 nitrogen and oxygen atoms in total. The monoisotopic (exact) mass is 413 g/mol. The van der Waals surface area contributed by atoms with E-state index in [4.69, 9.17) is 9.47 Å². The molecule has 1 aliphatic heterocycles. The van der Waals surface area contributed by atoms with Gasteiger partial charge in [-0.05, 0) is 70.0 Å². The number of benzene rings is 1. The van der Waals surface area contributed by atoms with Gasteiger partial charge in [-0.2, -0.15) is 0 Å². The van der Waals surface area contributed by atoms with E-state index in [1.165, 1.54) is 0 Å². The number of hydrogen-bond donors (Lipinski definition) is 2. The van der Waals surface area contributed by atoms with Crippen LogP contribution in [-0.2, 0) is 4.74 Å². The van der Waals surface area contributed by atoms with Crippen LogP contribution in [-0.4, -0.2) is 55.1 Å². The molecule has 0 aliphatic carbocycles. The number of carbonyl (C=O) groups is 2. The Balaban J connectivity index is 1.78. The van der Waals surface area contributed by atoms with Gasteiger partial charge in [-0.3, -0.25) is 9.69 Å². The number of aromatic amines is 1. The van der Waals surface area contributed by atoms with Crippen LogP contribution in [0, 0.1) is 13.8 Å². The summed E-state index contributed by atoms with van der Waals surface area (Å²) in [5.74, 6) is 0.172. The molecule has 1 saturated heterocycles. The summed E-state index contributed by atoms with van der Waals surface area (Å²) in [5.41, 5.74) is 3.21. The number of rotatable bonds is 8. The van der Waals surface area contributed by atoms with Crippen molar-refractivity contribution in [1.82, 2.24) is 15.2 Å². The van der Waals surface area contributed by atoms with Crippen LogP contribution in [0.25, 0.3) is 0 Å². The lowest BCUT2D eigenvalue weighted by molar-refractivity contribution is 0.0525. The first kappa shape index (κ1) is 21.9. The summed E-state index contributed by atoms with van der Waals surface area (Å²) in [6.07, 6.45) is 2.32. The zero-order chi connectivity index (χ0) is 21.7. The summed E-state index contributed by atoms with van der Waals surface area (Å²) in [6.45, 7) is 8.08. The Bertz CT molecular complexity index is 900. The molecule has 2 aromatic rings. The number of carbonyl (C=O) groups excluding carboxylic acids is 2. The third kappa shape index (κ3) is 4.67. The maximum absolute atomic E-state index is 12.9. The Kier molecular flexibility index (Phi) is 7.15. The molecule has 7 heteroatoms. The van der Waals surface area contributed by atoms with Gasteiger partial charge in [0.1, 0.15) is 11.4 Å². The molecule has 1 aliphatic rings. The zero-order valence-electron chi connectivity index (χ0n) is 18.2. The van der Waals surface area contributed by atoms with E-state index in [1.807, 2.05) is 18.2 Å². The van der Waals surface area contributed by atoms with Crippen LogP contribution in [0.15, 0.2) is 24.3 Å². The minimum atomic E-state index is -0.408. The maximum atomic E-state index is 12.9. The van der Waals surface area contributed by atoms with Crippen LogP contribution in [0.5, 0.6) is 5.75 Å². The molecule has 1 aromatic carbocycles. The predicted octanol–water partition coefficient (Wildman–Crippen LogP) is 3.38. The summed E-state index contributed by atoms with van der Waals surface area (Å²) < 4.78 is 10.5. The van der Waals surface area contributed by atoms with E-state index in [-0.39, 0.29) is 11.9 Å². The molecular formula is C23H31N3O4. The van der Waals surface area contributed by atoms with E-state index < -0.39 is 5.97 Å². The minimum Gasteiger partial charge on any atom is -0.497 e. The lowest BCUT2D eigenvalue weighted by Gasteiger charge is -2.28. The number of nitrogens with one attached hydrogen (secondary N) is 2. The number of ether oxygens (including phenoxy) is 2. The molecule has 1 atom stereocenters. The molecule has 1 fully saturated rings. The van der Waals surface area contributed by atoms with Crippen molar-refractivity contribution >= 4 is 11.9 Å². The minimum absolute atomic E-state index is 0.0624. The number of esters is 1. The van der Waals surface area contributed by atoms with Gasteiger partial charge in [-0.15, -0.1) is 0 Å². The van der Waals surface area contributed by atoms with Crippen LogP contribution in [0.3, 0.4) is 0 Å². The van der Waals surface area contributed by atoms with E-state index in [0.29, 0.717) is 35.7 Å². The molecule has 30 heavy (non-hydrogen) atoms. The fourth-order valence-corrected chi connectivity index (χ4v) is 4.12. The fraction of sp³-hybridized carbons (Fsp3) is 0.478. The molecule has 162 valence electrons. The van der Waals surface area contributed by atoms with Crippen molar-refractivity contribution in [2.24, 2.45) is 0 Å². The van der Waals surface area contributed by atoms with E-state index >= 15 is 0 Å². The molecule has 2 heterocycles. The Labute approximate surface area is 177 Å². The fourth-order valence-electron chi connectivity index (χ4n) is 4.12. The van der Waals surface area contributed by atoms with Crippen molar-refractivity contribution in [3.05, 3.63) is 52.3 Å². The summed E-state index contributed by atoms with van der Waals surface area (Å²) >= 11 is 0. The number of aromatic nitrogens is 1. The normalized spacial score (nSPS) is 15.1. The summed E-state index contributed by atoms with van der Waals surface area (Å²) in [5, 5.41) is 3.06. The highest BCUT2D eigenvalue weighted by molar-refractivity contribution is 6.00. The predicted molar refractivity (Wildman–Crippen MR) is 115 cm³/mol. The lowest BCUT2D eigenvalue weighted by atomic mass is 10.0. The SMILES string of the molecule is CCOC(=O)c1c(C)[nH]c(C(=O)NC[C@@H](c2cccc(OC)c2)N2CCCC2)c1C. The molecule has 2 N–H and O–H groups in total. The lowest BCUT2D eigenvalue weighted by Crippen LogP contribution is -2.37. The number of aryl methyl sites for hydroxylation is 1. The van der Waals surface area contributed by atoms with Crippen LogP contribution >= 0.6 is 0 Å². The number of likely N-dealkylation sites (tertiary alicyclic amines) is 1. The molecule has 0 saturated carbocycles. The van der Waals surface area contributed by atoms with Crippen molar-refractivity contribution in [2.45, 2.75) is 39.7 Å². The van der Waals surface area contributed by atoms with E-state index in [9.17, 15) is 9.59 Å². The quantitative estimate of drug-likeness (QED) is 0.648. The van der Waals surface area contributed by atoms with Gasteiger partial charge in [0.25, 0.3) is 5.91 Å². The first-order valence-corrected chi connectivity index (χ1v) is 10.5. The van der Waals surface area contributed by atoms with E-state index in [2.05, 4.69) is 21.3 Å². The summed E-state index contributed by atoms with van der Waals surface area (Å²) in [6, 6.07) is 8.06. The van der Waals surface area contributed by atoms with Gasteiger partial charge in [-0.25, -0.2) is 4.79 Å². The largest absolute Gasteiger partial charge is 0.497 e. The van der Waals surface area contributed by atoms with Crippen LogP contribution in [0.2, 0.25) is 0 Å². The Morgan fingerprint density at radius 1 is 1.23 bits per heavy atom. The number of H-pyrrole nitrogens is 1. The van der Waals surface area contributed by atoms with Gasteiger partial charge < -0.3 is 19.8 Å². The second-order valence-corrected chi connectivity index (χ2v) is 7.59. The van der Waals surface area contributed by atoms with Crippen LogP contribution in [0.4, 0.5) is 0 Å². The smallest absolute Gasteiger partial charge is 0.340 e. The van der Waals surface area contributed by atoms with Crippen molar-refractivity contribution in [2.75, 3.05) is 33.4 Å². The third-order valence-electron chi connectivity index (χ3n) is 5.66.